The quantitative estimate of drug-likeness (QED) is 0.134. The van der Waals surface area contributed by atoms with E-state index in [4.69, 9.17) is 13.7 Å². The van der Waals surface area contributed by atoms with E-state index in [0.29, 0.717) is 38.2 Å². The van der Waals surface area contributed by atoms with Gasteiger partial charge in [-0.3, -0.25) is 4.79 Å². The lowest BCUT2D eigenvalue weighted by atomic mass is 10.2. The summed E-state index contributed by atoms with van der Waals surface area (Å²) in [5, 5.41) is 3.98. The predicted molar refractivity (Wildman–Crippen MR) is 145 cm³/mol. The molecule has 1 N–H and O–H groups in total. The number of nitrogens with zero attached hydrogens (tertiary/aromatic N) is 1. The van der Waals surface area contributed by atoms with Crippen molar-refractivity contribution in [2.24, 2.45) is 5.10 Å². The number of hydrogen-bond acceptors (Lipinski definition) is 7. The highest BCUT2D eigenvalue weighted by atomic mass is 79.9. The molecule has 8 nitrogen and oxygen atoms in total. The zero-order valence-electron chi connectivity index (χ0n) is 19.3. The zero-order chi connectivity index (χ0) is 26.3. The van der Waals surface area contributed by atoms with Crippen LogP contribution < -0.4 is 19.1 Å². The van der Waals surface area contributed by atoms with Gasteiger partial charge in [0.2, 0.25) is 0 Å². The third-order valence-electron chi connectivity index (χ3n) is 4.69. The van der Waals surface area contributed by atoms with E-state index in [9.17, 15) is 13.2 Å². The molecule has 0 bridgehead atoms. The lowest BCUT2D eigenvalue weighted by molar-refractivity contribution is 0.0954. The minimum Gasteiger partial charge on any atom is -0.493 e. The van der Waals surface area contributed by atoms with Crippen molar-refractivity contribution in [1.82, 2.24) is 5.43 Å². The summed E-state index contributed by atoms with van der Waals surface area (Å²) in [4.78, 5) is 12.5. The second-order valence-corrected chi connectivity index (χ2v) is 10.6. The predicted octanol–water partition coefficient (Wildman–Crippen LogP) is 5.63. The monoisotopic (exact) mass is 636 g/mol. The molecule has 3 aromatic rings. The van der Waals surface area contributed by atoms with Crippen LogP contribution in [0.15, 0.2) is 86.2 Å². The van der Waals surface area contributed by atoms with Crippen LogP contribution in [-0.2, 0) is 10.1 Å². The fourth-order valence-electron chi connectivity index (χ4n) is 2.90. The first-order chi connectivity index (χ1) is 17.1. The SMILES string of the molecule is C=CCOc1ccc(C(=O)N/N=C/c2cc(Br)c(OS(=O)(=O)c3ccc(C)cc3)c(Br)c2)cc1OC. The first-order valence-corrected chi connectivity index (χ1v) is 13.4. The Labute approximate surface area is 226 Å². The molecule has 0 fully saturated rings. The summed E-state index contributed by atoms with van der Waals surface area (Å²) in [5.41, 5.74) is 4.26. The van der Waals surface area contributed by atoms with Crippen LogP contribution in [0.25, 0.3) is 0 Å². The van der Waals surface area contributed by atoms with Crippen molar-refractivity contribution in [3.63, 3.8) is 0 Å². The molecule has 0 aromatic heterocycles. The Bertz CT molecular complexity index is 1380. The van der Waals surface area contributed by atoms with Gasteiger partial charge in [0.1, 0.15) is 11.5 Å². The largest absolute Gasteiger partial charge is 0.493 e. The maximum atomic E-state index is 12.6. The summed E-state index contributed by atoms with van der Waals surface area (Å²) in [7, 11) is -2.56. The highest BCUT2D eigenvalue weighted by Crippen LogP contribution is 2.36. The first-order valence-electron chi connectivity index (χ1n) is 10.4. The Morgan fingerprint density at radius 2 is 1.72 bits per heavy atom. The number of hydrogen-bond donors (Lipinski definition) is 1. The molecule has 0 aliphatic rings. The molecule has 3 aromatic carbocycles. The molecule has 3 rings (SSSR count). The van der Waals surface area contributed by atoms with Crippen molar-refractivity contribution in [2.45, 2.75) is 11.8 Å². The fourth-order valence-corrected chi connectivity index (χ4v) is 5.47. The summed E-state index contributed by atoms with van der Waals surface area (Å²) in [6.07, 6.45) is 3.01. The summed E-state index contributed by atoms with van der Waals surface area (Å²) in [6, 6.07) is 14.3. The van der Waals surface area contributed by atoms with Gasteiger partial charge in [-0.25, -0.2) is 5.43 Å². The van der Waals surface area contributed by atoms with Gasteiger partial charge in [0.25, 0.3) is 5.91 Å². The van der Waals surface area contributed by atoms with E-state index in [0.717, 1.165) is 5.56 Å². The van der Waals surface area contributed by atoms with Gasteiger partial charge in [0.15, 0.2) is 17.2 Å². The number of aryl methyl sites for hydroxylation is 1. The third-order valence-corrected chi connectivity index (χ3v) is 7.10. The van der Waals surface area contributed by atoms with E-state index < -0.39 is 16.0 Å². The van der Waals surface area contributed by atoms with E-state index in [1.54, 1.807) is 42.5 Å². The number of methoxy groups -OCH3 is 1. The third kappa shape index (κ3) is 6.96. The molecule has 0 atom stereocenters. The number of carbonyl (C=O) groups excluding carboxylic acids is 1. The fraction of sp³-hybridized carbons (Fsp3) is 0.120. The Balaban J connectivity index is 1.71. The number of hydrazone groups is 1. The molecular formula is C25H22Br2N2O6S. The smallest absolute Gasteiger partial charge is 0.339 e. The number of benzene rings is 3. The zero-order valence-corrected chi connectivity index (χ0v) is 23.3. The highest BCUT2D eigenvalue weighted by molar-refractivity contribution is 9.11. The molecule has 0 radical (unpaired) electrons. The van der Waals surface area contributed by atoms with Crippen LogP contribution in [0.5, 0.6) is 17.2 Å². The number of ether oxygens (including phenoxy) is 2. The van der Waals surface area contributed by atoms with Gasteiger partial charge in [-0.1, -0.05) is 30.4 Å². The maximum Gasteiger partial charge on any atom is 0.339 e. The molecule has 0 aliphatic heterocycles. The number of rotatable bonds is 10. The van der Waals surface area contributed by atoms with Gasteiger partial charge in [0.05, 0.1) is 22.3 Å². The maximum absolute atomic E-state index is 12.6. The van der Waals surface area contributed by atoms with E-state index in [2.05, 4.69) is 49.0 Å². The summed E-state index contributed by atoms with van der Waals surface area (Å²) in [5.74, 6) is 0.515. The van der Waals surface area contributed by atoms with E-state index in [1.807, 2.05) is 6.92 Å². The van der Waals surface area contributed by atoms with Crippen LogP contribution in [0.1, 0.15) is 21.5 Å². The minimum atomic E-state index is -4.04. The van der Waals surface area contributed by atoms with Crippen molar-refractivity contribution >= 4 is 54.1 Å². The van der Waals surface area contributed by atoms with Crippen molar-refractivity contribution in [3.05, 3.63) is 92.9 Å². The van der Waals surface area contributed by atoms with E-state index >= 15 is 0 Å². The topological polar surface area (TPSA) is 103 Å². The first kappa shape index (κ1) is 27.4. The Hall–Kier alpha value is -3.15. The molecular weight excluding hydrogens is 616 g/mol. The van der Waals surface area contributed by atoms with Gasteiger partial charge >= 0.3 is 10.1 Å². The molecule has 36 heavy (non-hydrogen) atoms. The number of carbonyl (C=O) groups is 1. The van der Waals surface area contributed by atoms with Crippen molar-refractivity contribution < 1.29 is 26.9 Å². The minimum absolute atomic E-state index is 0.0391. The molecule has 0 unspecified atom stereocenters. The second-order valence-electron chi connectivity index (χ2n) is 7.33. The normalized spacial score (nSPS) is 11.2. The van der Waals surface area contributed by atoms with Gasteiger partial charge in [-0.2, -0.15) is 13.5 Å². The molecule has 0 spiro atoms. The summed E-state index contributed by atoms with van der Waals surface area (Å²) >= 11 is 6.67. The van der Waals surface area contributed by atoms with Gasteiger partial charge < -0.3 is 13.7 Å². The average molecular weight is 638 g/mol. The standard InChI is InChI=1S/C25H22Br2N2O6S/c1-4-11-34-22-10-7-18(14-23(22)33-3)25(30)29-28-15-17-12-20(26)24(21(27)13-17)35-36(31,32)19-8-5-16(2)6-9-19/h4-10,12-15H,1,11H2,2-3H3,(H,29,30)/b28-15+. The average Bonchev–Trinajstić information content (AvgIpc) is 2.85. The summed E-state index contributed by atoms with van der Waals surface area (Å²) < 4.78 is 42.1. The molecule has 0 saturated carbocycles. The van der Waals surface area contributed by atoms with Crippen LogP contribution in [0.2, 0.25) is 0 Å². The molecule has 0 saturated heterocycles. The Morgan fingerprint density at radius 1 is 1.06 bits per heavy atom. The van der Waals surface area contributed by atoms with Crippen molar-refractivity contribution in [2.75, 3.05) is 13.7 Å². The van der Waals surface area contributed by atoms with E-state index in [-0.39, 0.29) is 10.6 Å². The van der Waals surface area contributed by atoms with Gasteiger partial charge in [-0.15, -0.1) is 0 Å². The van der Waals surface area contributed by atoms with Crippen LogP contribution in [0.3, 0.4) is 0 Å². The van der Waals surface area contributed by atoms with Gasteiger partial charge in [-0.05, 0) is 86.8 Å². The summed E-state index contributed by atoms with van der Waals surface area (Å²) in [6.45, 7) is 5.76. The van der Waals surface area contributed by atoms with Crippen LogP contribution >= 0.6 is 31.9 Å². The molecule has 0 heterocycles. The molecule has 0 aliphatic carbocycles. The number of amides is 1. The van der Waals surface area contributed by atoms with Crippen LogP contribution in [-0.4, -0.2) is 34.3 Å². The van der Waals surface area contributed by atoms with Gasteiger partial charge in [0, 0.05) is 5.56 Å². The van der Waals surface area contributed by atoms with E-state index in [1.165, 1.54) is 31.5 Å². The van der Waals surface area contributed by atoms with Crippen molar-refractivity contribution in [3.8, 4) is 17.2 Å². The number of nitrogens with one attached hydrogen (secondary N) is 1. The Kier molecular flexibility index (Phi) is 9.30. The molecule has 188 valence electrons. The molecule has 1 amide bonds. The Morgan fingerprint density at radius 3 is 2.33 bits per heavy atom. The number of halogens is 2. The van der Waals surface area contributed by atoms with Crippen LogP contribution in [0, 0.1) is 6.92 Å². The second kappa shape index (κ2) is 12.2. The van der Waals surface area contributed by atoms with Crippen molar-refractivity contribution in [1.29, 1.82) is 0 Å². The van der Waals surface area contributed by atoms with Crippen LogP contribution in [0.4, 0.5) is 0 Å². The molecule has 11 heteroatoms. The lowest BCUT2D eigenvalue weighted by Gasteiger charge is -2.11. The highest BCUT2D eigenvalue weighted by Gasteiger charge is 2.20. The lowest BCUT2D eigenvalue weighted by Crippen LogP contribution is -2.17.